The smallest absolute Gasteiger partial charge is 0.0886 e. The van der Waals surface area contributed by atoms with E-state index in [4.69, 9.17) is 0 Å². The summed E-state index contributed by atoms with van der Waals surface area (Å²) in [5.74, 6) is 0.681. The molecule has 3 atom stereocenters. The van der Waals surface area contributed by atoms with Crippen molar-refractivity contribution < 1.29 is 5.11 Å². The second kappa shape index (κ2) is 2.20. The van der Waals surface area contributed by atoms with E-state index in [9.17, 15) is 5.11 Å². The van der Waals surface area contributed by atoms with E-state index in [1.165, 1.54) is 6.42 Å². The summed E-state index contributed by atoms with van der Waals surface area (Å²) in [7, 11) is 0. The highest BCUT2D eigenvalue weighted by Crippen LogP contribution is 2.69. The summed E-state index contributed by atoms with van der Waals surface area (Å²) >= 11 is 0. The van der Waals surface area contributed by atoms with Crippen molar-refractivity contribution in [1.82, 2.24) is 0 Å². The van der Waals surface area contributed by atoms with E-state index >= 15 is 0 Å². The topological polar surface area (TPSA) is 20.2 Å². The lowest BCUT2D eigenvalue weighted by molar-refractivity contribution is -0.0507. The molecule has 74 valence electrons. The highest BCUT2D eigenvalue weighted by atomic mass is 16.3. The molecule has 2 fully saturated rings. The van der Waals surface area contributed by atoms with Crippen LogP contribution in [0.4, 0.5) is 0 Å². The molecular formula is C12H20O. The van der Waals surface area contributed by atoms with Crippen molar-refractivity contribution in [3.8, 4) is 0 Å². The monoisotopic (exact) mass is 180 g/mol. The molecule has 0 aromatic rings. The maximum Gasteiger partial charge on any atom is 0.0886 e. The van der Waals surface area contributed by atoms with Gasteiger partial charge in [0.2, 0.25) is 0 Å². The van der Waals surface area contributed by atoms with Crippen molar-refractivity contribution in [2.24, 2.45) is 16.7 Å². The van der Waals surface area contributed by atoms with Crippen LogP contribution in [-0.2, 0) is 0 Å². The van der Waals surface area contributed by atoms with Gasteiger partial charge in [0.25, 0.3) is 0 Å². The molecule has 1 nitrogen and oxygen atoms in total. The van der Waals surface area contributed by atoms with Gasteiger partial charge >= 0.3 is 0 Å². The van der Waals surface area contributed by atoms with E-state index in [1.807, 2.05) is 0 Å². The quantitative estimate of drug-likeness (QED) is 0.615. The van der Waals surface area contributed by atoms with Crippen LogP contribution in [0, 0.1) is 16.7 Å². The van der Waals surface area contributed by atoms with Crippen molar-refractivity contribution in [1.29, 1.82) is 0 Å². The van der Waals surface area contributed by atoms with Crippen molar-refractivity contribution in [3.05, 3.63) is 12.7 Å². The Labute approximate surface area is 80.8 Å². The summed E-state index contributed by atoms with van der Waals surface area (Å²) < 4.78 is 0. The van der Waals surface area contributed by atoms with Crippen molar-refractivity contribution in [2.45, 2.75) is 45.6 Å². The van der Waals surface area contributed by atoms with Gasteiger partial charge in [0.05, 0.1) is 5.60 Å². The highest BCUT2D eigenvalue weighted by molar-refractivity contribution is 5.23. The molecule has 2 aliphatic carbocycles. The molecule has 0 aromatic heterocycles. The average molecular weight is 180 g/mol. The second-order valence-corrected chi connectivity index (χ2v) is 5.62. The molecule has 1 heteroatoms. The van der Waals surface area contributed by atoms with Gasteiger partial charge in [-0.2, -0.15) is 0 Å². The minimum Gasteiger partial charge on any atom is -0.385 e. The number of aliphatic hydroxyl groups is 1. The molecule has 0 radical (unpaired) electrons. The van der Waals surface area contributed by atoms with Crippen molar-refractivity contribution in [3.63, 3.8) is 0 Å². The van der Waals surface area contributed by atoms with Crippen LogP contribution in [0.5, 0.6) is 0 Å². The van der Waals surface area contributed by atoms with E-state index in [1.54, 1.807) is 6.08 Å². The second-order valence-electron chi connectivity index (χ2n) is 5.62. The van der Waals surface area contributed by atoms with Gasteiger partial charge in [0, 0.05) is 5.41 Å². The fraction of sp³-hybridized carbons (Fsp3) is 0.833. The molecule has 2 bridgehead atoms. The summed E-state index contributed by atoms with van der Waals surface area (Å²) in [6.07, 6.45) is 5.11. The fourth-order valence-electron chi connectivity index (χ4n) is 3.64. The lowest BCUT2D eigenvalue weighted by atomic mass is 9.64. The number of rotatable bonds is 1. The first-order valence-electron chi connectivity index (χ1n) is 5.23. The van der Waals surface area contributed by atoms with Crippen LogP contribution in [-0.4, -0.2) is 10.7 Å². The van der Waals surface area contributed by atoms with Gasteiger partial charge < -0.3 is 5.11 Å². The predicted octanol–water partition coefficient (Wildman–Crippen LogP) is 2.75. The summed E-state index contributed by atoms with van der Waals surface area (Å²) in [6, 6.07) is 0. The number of hydrogen-bond acceptors (Lipinski definition) is 1. The van der Waals surface area contributed by atoms with Crippen LogP contribution in [0.15, 0.2) is 12.7 Å². The summed E-state index contributed by atoms with van der Waals surface area (Å²) in [4.78, 5) is 0. The molecule has 0 aromatic carbocycles. The predicted molar refractivity (Wildman–Crippen MR) is 54.4 cm³/mol. The summed E-state index contributed by atoms with van der Waals surface area (Å²) in [5.41, 5.74) is -0.290. The van der Waals surface area contributed by atoms with E-state index in [0.29, 0.717) is 5.92 Å². The van der Waals surface area contributed by atoms with Gasteiger partial charge in [0.15, 0.2) is 0 Å². The first-order valence-corrected chi connectivity index (χ1v) is 5.23. The SMILES string of the molecule is C=C[C@@]1(O)C[C@H]2CC[C@]1(C)C2(C)C. The lowest BCUT2D eigenvalue weighted by Gasteiger charge is -2.43. The number of hydrogen-bond donors (Lipinski definition) is 1. The van der Waals surface area contributed by atoms with E-state index in [-0.39, 0.29) is 10.8 Å². The van der Waals surface area contributed by atoms with Crippen LogP contribution in [0.25, 0.3) is 0 Å². The molecule has 1 N–H and O–H groups in total. The Balaban J connectivity index is 2.49. The third kappa shape index (κ3) is 0.775. The van der Waals surface area contributed by atoms with Gasteiger partial charge in [0.1, 0.15) is 0 Å². The molecule has 2 saturated carbocycles. The fourth-order valence-corrected chi connectivity index (χ4v) is 3.64. The Morgan fingerprint density at radius 2 is 2.00 bits per heavy atom. The molecular weight excluding hydrogens is 160 g/mol. The third-order valence-electron chi connectivity index (χ3n) is 5.29. The first kappa shape index (κ1) is 9.26. The Bertz CT molecular complexity index is 256. The molecule has 2 rings (SSSR count). The summed E-state index contributed by atoms with van der Waals surface area (Å²) in [5, 5.41) is 10.5. The lowest BCUT2D eigenvalue weighted by Crippen LogP contribution is -2.45. The highest BCUT2D eigenvalue weighted by Gasteiger charge is 2.67. The number of fused-ring (bicyclic) bond motifs is 2. The van der Waals surface area contributed by atoms with E-state index < -0.39 is 5.60 Å². The molecule has 0 saturated heterocycles. The van der Waals surface area contributed by atoms with Crippen LogP contribution in [0.2, 0.25) is 0 Å². The molecule has 0 heterocycles. The maximum absolute atomic E-state index is 10.5. The van der Waals surface area contributed by atoms with Crippen LogP contribution in [0.1, 0.15) is 40.0 Å². The van der Waals surface area contributed by atoms with Crippen molar-refractivity contribution >= 4 is 0 Å². The van der Waals surface area contributed by atoms with E-state index in [0.717, 1.165) is 12.8 Å². The van der Waals surface area contributed by atoms with Gasteiger partial charge in [-0.25, -0.2) is 0 Å². The van der Waals surface area contributed by atoms with Gasteiger partial charge in [-0.15, -0.1) is 6.58 Å². The Kier molecular flexibility index (Phi) is 1.56. The maximum atomic E-state index is 10.5. The normalized spacial score (nSPS) is 52.5. The molecule has 13 heavy (non-hydrogen) atoms. The molecule has 0 amide bonds. The minimum absolute atomic E-state index is 0.0480. The zero-order valence-corrected chi connectivity index (χ0v) is 8.93. The first-order chi connectivity index (χ1) is 5.87. The van der Waals surface area contributed by atoms with Gasteiger partial charge in [-0.05, 0) is 30.6 Å². The van der Waals surface area contributed by atoms with Crippen LogP contribution < -0.4 is 0 Å². The zero-order valence-electron chi connectivity index (χ0n) is 8.93. The molecule has 0 spiro atoms. The zero-order chi connectivity index (χ0) is 9.91. The van der Waals surface area contributed by atoms with Crippen molar-refractivity contribution in [2.75, 3.05) is 0 Å². The minimum atomic E-state index is -0.612. The largest absolute Gasteiger partial charge is 0.385 e. The Morgan fingerprint density at radius 3 is 2.23 bits per heavy atom. The van der Waals surface area contributed by atoms with E-state index in [2.05, 4.69) is 27.4 Å². The van der Waals surface area contributed by atoms with Gasteiger partial charge in [-0.1, -0.05) is 26.8 Å². The average Bonchev–Trinajstić information content (AvgIpc) is 2.36. The van der Waals surface area contributed by atoms with Crippen LogP contribution in [0.3, 0.4) is 0 Å². The molecule has 2 aliphatic rings. The third-order valence-corrected chi connectivity index (χ3v) is 5.29. The standard InChI is InChI=1S/C12H20O/c1-5-12(13)8-9-6-7-11(12,4)10(9,2)3/h5,9,13H,1,6-8H2,2-4H3/t9-,11-,12-/m1/s1. The van der Waals surface area contributed by atoms with Gasteiger partial charge in [-0.3, -0.25) is 0 Å². The molecule has 0 unspecified atom stereocenters. The van der Waals surface area contributed by atoms with Crippen LogP contribution >= 0.6 is 0 Å². The molecule has 0 aliphatic heterocycles. The Morgan fingerprint density at radius 1 is 1.38 bits per heavy atom. The summed E-state index contributed by atoms with van der Waals surface area (Å²) in [6.45, 7) is 10.6. The Hall–Kier alpha value is -0.300.